The van der Waals surface area contributed by atoms with E-state index in [9.17, 15) is 19.8 Å². The summed E-state index contributed by atoms with van der Waals surface area (Å²) in [7, 11) is 0. The predicted molar refractivity (Wildman–Crippen MR) is 114 cm³/mol. The molecule has 2 atom stereocenters. The van der Waals surface area contributed by atoms with Crippen molar-refractivity contribution in [3.05, 3.63) is 101 Å². The number of carbonyl (C=O) groups excluding carboxylic acids is 1. The van der Waals surface area contributed by atoms with Crippen molar-refractivity contribution in [3.8, 4) is 5.75 Å². The molecule has 0 aromatic heterocycles. The van der Waals surface area contributed by atoms with Crippen LogP contribution in [0, 0.1) is 6.92 Å². The molecule has 6 nitrogen and oxygen atoms in total. The van der Waals surface area contributed by atoms with Crippen LogP contribution < -0.4 is 4.74 Å². The van der Waals surface area contributed by atoms with E-state index in [0.717, 1.165) is 5.56 Å². The van der Waals surface area contributed by atoms with Gasteiger partial charge in [-0.05, 0) is 35.2 Å². The second-order valence-electron chi connectivity index (χ2n) is 7.21. The molecule has 0 saturated carbocycles. The van der Waals surface area contributed by atoms with E-state index >= 15 is 0 Å². The van der Waals surface area contributed by atoms with Crippen molar-refractivity contribution < 1.29 is 29.3 Å². The zero-order chi connectivity index (χ0) is 21.3. The van der Waals surface area contributed by atoms with Crippen LogP contribution in [0.1, 0.15) is 38.5 Å². The lowest BCUT2D eigenvalue weighted by Gasteiger charge is -2.37. The summed E-state index contributed by atoms with van der Waals surface area (Å²) in [6.07, 6.45) is 0. The van der Waals surface area contributed by atoms with E-state index in [1.54, 1.807) is 42.5 Å². The van der Waals surface area contributed by atoms with Crippen LogP contribution >= 0.6 is 0 Å². The van der Waals surface area contributed by atoms with Crippen molar-refractivity contribution in [2.45, 2.75) is 25.2 Å². The number of aliphatic hydroxyl groups is 1. The number of aryl methyl sites for hydroxylation is 1. The summed E-state index contributed by atoms with van der Waals surface area (Å²) in [4.78, 5) is 24.5. The third-order valence-corrected chi connectivity index (χ3v) is 5.19. The maximum Gasteiger partial charge on any atom is 0.378 e. The summed E-state index contributed by atoms with van der Waals surface area (Å²) in [5.41, 5.74) is 2.76. The quantitative estimate of drug-likeness (QED) is 0.491. The third kappa shape index (κ3) is 4.05. The minimum absolute atomic E-state index is 0. The molecule has 3 aromatic carbocycles. The number of carboxylic acid groups (broad SMARTS) is 1. The summed E-state index contributed by atoms with van der Waals surface area (Å²) < 4.78 is 10.9. The molecule has 2 N–H and O–H groups in total. The first-order valence-electron chi connectivity index (χ1n) is 9.45. The van der Waals surface area contributed by atoms with Gasteiger partial charge in [0.25, 0.3) is 0 Å². The SMILES string of the molecule is Cc1cc2c(cc1OCc1ccccc1)C(=O)OC(O)(C(=O)O)C2c1ccccc1.[B]. The van der Waals surface area contributed by atoms with Crippen molar-refractivity contribution in [1.82, 2.24) is 0 Å². The number of esters is 1. The van der Waals surface area contributed by atoms with Crippen molar-refractivity contribution >= 4 is 20.4 Å². The Morgan fingerprint density at radius 3 is 2.29 bits per heavy atom. The van der Waals surface area contributed by atoms with Crippen LogP contribution in [0.25, 0.3) is 0 Å². The Morgan fingerprint density at radius 1 is 1.06 bits per heavy atom. The fourth-order valence-electron chi connectivity index (χ4n) is 3.70. The molecule has 155 valence electrons. The number of hydrogen-bond donors (Lipinski definition) is 2. The minimum atomic E-state index is -2.70. The van der Waals surface area contributed by atoms with Gasteiger partial charge in [0.1, 0.15) is 12.4 Å². The molecular weight excluding hydrogens is 395 g/mol. The molecule has 3 aromatic rings. The Balaban J connectivity index is 0.00000272. The van der Waals surface area contributed by atoms with Gasteiger partial charge in [-0.25, -0.2) is 9.59 Å². The number of benzene rings is 3. The maximum absolute atomic E-state index is 12.6. The number of hydrogen-bond acceptors (Lipinski definition) is 5. The number of aliphatic carboxylic acids is 1. The average molecular weight is 415 g/mol. The molecule has 1 aliphatic heterocycles. The van der Waals surface area contributed by atoms with Crippen LogP contribution in [0.2, 0.25) is 0 Å². The van der Waals surface area contributed by atoms with Gasteiger partial charge in [0.2, 0.25) is 0 Å². The van der Waals surface area contributed by atoms with Crippen LogP contribution in [0.4, 0.5) is 0 Å². The topological polar surface area (TPSA) is 93.1 Å². The van der Waals surface area contributed by atoms with Gasteiger partial charge in [0.05, 0.1) is 11.5 Å². The first kappa shape index (κ1) is 22.1. The van der Waals surface area contributed by atoms with Gasteiger partial charge in [0.15, 0.2) is 0 Å². The molecule has 0 bridgehead atoms. The molecule has 3 radical (unpaired) electrons. The number of carbonyl (C=O) groups is 2. The minimum Gasteiger partial charge on any atom is -0.489 e. The summed E-state index contributed by atoms with van der Waals surface area (Å²) in [5.74, 6) is -5.83. The van der Waals surface area contributed by atoms with E-state index in [1.165, 1.54) is 0 Å². The van der Waals surface area contributed by atoms with Gasteiger partial charge >= 0.3 is 17.7 Å². The van der Waals surface area contributed by atoms with E-state index in [0.29, 0.717) is 29.0 Å². The fourth-order valence-corrected chi connectivity index (χ4v) is 3.70. The number of fused-ring (bicyclic) bond motifs is 1. The Hall–Kier alpha value is -3.58. The summed E-state index contributed by atoms with van der Waals surface area (Å²) in [6, 6.07) is 21.5. The Morgan fingerprint density at radius 2 is 1.68 bits per heavy atom. The molecule has 31 heavy (non-hydrogen) atoms. The maximum atomic E-state index is 12.6. The van der Waals surface area contributed by atoms with Crippen LogP contribution in [-0.4, -0.2) is 36.4 Å². The molecule has 0 spiro atoms. The number of carboxylic acids is 1. The highest BCUT2D eigenvalue weighted by atomic mass is 16.7. The van der Waals surface area contributed by atoms with Gasteiger partial charge in [-0.15, -0.1) is 0 Å². The molecule has 0 fully saturated rings. The van der Waals surface area contributed by atoms with E-state index < -0.39 is 23.6 Å². The van der Waals surface area contributed by atoms with E-state index in [2.05, 4.69) is 0 Å². The van der Waals surface area contributed by atoms with Crippen LogP contribution in [0.5, 0.6) is 5.75 Å². The summed E-state index contributed by atoms with van der Waals surface area (Å²) >= 11 is 0. The van der Waals surface area contributed by atoms with Gasteiger partial charge in [-0.1, -0.05) is 66.7 Å². The molecule has 2 unspecified atom stereocenters. The van der Waals surface area contributed by atoms with Crippen molar-refractivity contribution in [1.29, 1.82) is 0 Å². The Bertz CT molecular complexity index is 1100. The first-order chi connectivity index (χ1) is 14.4. The zero-order valence-corrected chi connectivity index (χ0v) is 16.8. The Kier molecular flexibility index (Phi) is 6.18. The lowest BCUT2D eigenvalue weighted by atomic mass is 9.79. The highest BCUT2D eigenvalue weighted by Gasteiger charge is 2.54. The highest BCUT2D eigenvalue weighted by molar-refractivity contribution is 5.97. The third-order valence-electron chi connectivity index (χ3n) is 5.19. The van der Waals surface area contributed by atoms with Crippen LogP contribution in [0.15, 0.2) is 72.8 Å². The molecule has 0 saturated heterocycles. The zero-order valence-electron chi connectivity index (χ0n) is 16.8. The van der Waals surface area contributed by atoms with Gasteiger partial charge in [-0.3, -0.25) is 0 Å². The van der Waals surface area contributed by atoms with E-state index in [1.807, 2.05) is 37.3 Å². The lowest BCUT2D eigenvalue weighted by Crippen LogP contribution is -2.52. The second-order valence-corrected chi connectivity index (χ2v) is 7.21. The van der Waals surface area contributed by atoms with Gasteiger partial charge < -0.3 is 19.7 Å². The normalized spacial score (nSPS) is 19.5. The molecule has 4 rings (SSSR count). The smallest absolute Gasteiger partial charge is 0.378 e. The summed E-state index contributed by atoms with van der Waals surface area (Å²) in [6.45, 7) is 2.12. The van der Waals surface area contributed by atoms with E-state index in [4.69, 9.17) is 9.47 Å². The standard InChI is InChI=1S/C24H20O6.B/c1-15-12-18-19(13-20(15)29-14-16-8-4-2-5-9-16)22(25)30-24(28,23(26)27)21(18)17-10-6-3-7-11-17;/h2-13,21,28H,14H2,1H3,(H,26,27);. The first-order valence-corrected chi connectivity index (χ1v) is 9.45. The molecule has 0 amide bonds. The molecule has 1 aliphatic rings. The summed E-state index contributed by atoms with van der Waals surface area (Å²) in [5, 5.41) is 20.5. The second kappa shape index (κ2) is 8.66. The molecule has 7 heteroatoms. The lowest BCUT2D eigenvalue weighted by molar-refractivity contribution is -0.211. The molecule has 0 aliphatic carbocycles. The molecule has 1 heterocycles. The predicted octanol–water partition coefficient (Wildman–Crippen LogP) is 3.27. The van der Waals surface area contributed by atoms with Crippen LogP contribution in [0.3, 0.4) is 0 Å². The van der Waals surface area contributed by atoms with Gasteiger partial charge in [0, 0.05) is 8.41 Å². The average Bonchev–Trinajstić information content (AvgIpc) is 2.74. The van der Waals surface area contributed by atoms with Gasteiger partial charge in [-0.2, -0.15) is 0 Å². The Labute approximate surface area is 181 Å². The number of rotatable bonds is 5. The highest BCUT2D eigenvalue weighted by Crippen LogP contribution is 2.44. The van der Waals surface area contributed by atoms with Crippen LogP contribution in [-0.2, 0) is 16.1 Å². The number of ether oxygens (including phenoxy) is 2. The largest absolute Gasteiger partial charge is 0.489 e. The van der Waals surface area contributed by atoms with Crippen molar-refractivity contribution in [3.63, 3.8) is 0 Å². The monoisotopic (exact) mass is 415 g/mol. The van der Waals surface area contributed by atoms with Crippen molar-refractivity contribution in [2.75, 3.05) is 0 Å². The van der Waals surface area contributed by atoms with E-state index in [-0.39, 0.29) is 14.0 Å². The number of cyclic esters (lactones) is 1. The van der Waals surface area contributed by atoms with Crippen molar-refractivity contribution in [2.24, 2.45) is 0 Å². The molecular formula is C24H20BO6. The fraction of sp³-hybridized carbons (Fsp3) is 0.167.